The zero-order valence-corrected chi connectivity index (χ0v) is 12.1. The second-order valence-electron chi connectivity index (χ2n) is 4.33. The first-order chi connectivity index (χ1) is 9.48. The van der Waals surface area contributed by atoms with E-state index < -0.39 is 10.0 Å². The minimum absolute atomic E-state index is 0.295. The minimum atomic E-state index is -3.17. The molecule has 0 saturated heterocycles. The quantitative estimate of drug-likeness (QED) is 0.872. The summed E-state index contributed by atoms with van der Waals surface area (Å²) < 4.78 is 34.7. The molecule has 2 aromatic rings. The van der Waals surface area contributed by atoms with Gasteiger partial charge in [0, 0.05) is 24.6 Å². The molecule has 2 rings (SSSR count). The Kier molecular flexibility index (Phi) is 4.41. The van der Waals surface area contributed by atoms with E-state index in [1.54, 1.807) is 13.2 Å². The first-order valence-electron chi connectivity index (χ1n) is 6.02. The number of sulfonamides is 1. The van der Waals surface area contributed by atoms with E-state index in [4.69, 9.17) is 9.26 Å². The summed E-state index contributed by atoms with van der Waals surface area (Å²) in [6, 6.07) is 9.23. The smallest absolute Gasteiger partial charge is 0.208 e. The van der Waals surface area contributed by atoms with Crippen molar-refractivity contribution in [3.8, 4) is 17.1 Å². The van der Waals surface area contributed by atoms with Crippen LogP contribution in [-0.2, 0) is 16.4 Å². The summed E-state index contributed by atoms with van der Waals surface area (Å²) in [6.07, 6.45) is 1.60. The SMILES string of the molecule is COc1cccc(-c2cc(CCNS(C)(=O)=O)no2)c1. The second kappa shape index (κ2) is 6.06. The predicted octanol–water partition coefficient (Wildman–Crippen LogP) is 1.44. The van der Waals surface area contributed by atoms with Crippen LogP contribution in [0, 0.1) is 0 Å². The number of nitrogens with zero attached hydrogens (tertiary/aromatic N) is 1. The third kappa shape index (κ3) is 4.07. The van der Waals surface area contributed by atoms with Crippen molar-refractivity contribution in [2.75, 3.05) is 19.9 Å². The molecule has 0 atom stereocenters. The lowest BCUT2D eigenvalue weighted by Crippen LogP contribution is -2.24. The lowest BCUT2D eigenvalue weighted by molar-refractivity contribution is 0.412. The van der Waals surface area contributed by atoms with Gasteiger partial charge < -0.3 is 9.26 Å². The molecular formula is C13H16N2O4S. The standard InChI is InChI=1S/C13H16N2O4S/c1-18-12-5-3-4-10(8-12)13-9-11(15-19-13)6-7-14-20(2,16)17/h3-5,8-9,14H,6-7H2,1-2H3. The van der Waals surface area contributed by atoms with Gasteiger partial charge in [-0.15, -0.1) is 0 Å². The summed E-state index contributed by atoms with van der Waals surface area (Å²) in [7, 11) is -1.57. The largest absolute Gasteiger partial charge is 0.497 e. The topological polar surface area (TPSA) is 81.4 Å². The molecule has 108 valence electrons. The summed E-state index contributed by atoms with van der Waals surface area (Å²) >= 11 is 0. The maximum absolute atomic E-state index is 10.9. The molecule has 0 radical (unpaired) electrons. The summed E-state index contributed by atoms with van der Waals surface area (Å²) in [5.41, 5.74) is 1.55. The van der Waals surface area contributed by atoms with Gasteiger partial charge in [0.2, 0.25) is 10.0 Å². The molecule has 20 heavy (non-hydrogen) atoms. The van der Waals surface area contributed by atoms with Gasteiger partial charge in [-0.05, 0) is 12.1 Å². The van der Waals surface area contributed by atoms with Gasteiger partial charge in [0.1, 0.15) is 5.75 Å². The van der Waals surface area contributed by atoms with Crippen LogP contribution in [0.25, 0.3) is 11.3 Å². The predicted molar refractivity (Wildman–Crippen MR) is 75.0 cm³/mol. The molecule has 0 fully saturated rings. The Balaban J connectivity index is 2.04. The Hall–Kier alpha value is -1.86. The number of hydrogen-bond donors (Lipinski definition) is 1. The third-order valence-electron chi connectivity index (χ3n) is 2.66. The van der Waals surface area contributed by atoms with Crippen LogP contribution in [0.5, 0.6) is 5.75 Å². The van der Waals surface area contributed by atoms with E-state index in [1.807, 2.05) is 24.3 Å². The van der Waals surface area contributed by atoms with E-state index in [1.165, 1.54) is 0 Å². The maximum Gasteiger partial charge on any atom is 0.208 e. The van der Waals surface area contributed by atoms with E-state index in [0.29, 0.717) is 24.4 Å². The van der Waals surface area contributed by atoms with Gasteiger partial charge in [0.15, 0.2) is 5.76 Å². The lowest BCUT2D eigenvalue weighted by atomic mass is 10.1. The van der Waals surface area contributed by atoms with Crippen LogP contribution in [0.15, 0.2) is 34.9 Å². The van der Waals surface area contributed by atoms with Gasteiger partial charge in [-0.3, -0.25) is 0 Å². The number of nitrogens with one attached hydrogen (secondary N) is 1. The van der Waals surface area contributed by atoms with Crippen LogP contribution in [0.3, 0.4) is 0 Å². The van der Waals surface area contributed by atoms with Crippen LogP contribution < -0.4 is 9.46 Å². The Morgan fingerprint density at radius 1 is 1.35 bits per heavy atom. The summed E-state index contributed by atoms with van der Waals surface area (Å²) in [5, 5.41) is 3.92. The second-order valence-corrected chi connectivity index (χ2v) is 6.16. The lowest BCUT2D eigenvalue weighted by Gasteiger charge is -2.00. The number of hydrogen-bond acceptors (Lipinski definition) is 5. The van der Waals surface area contributed by atoms with E-state index in [0.717, 1.165) is 17.6 Å². The first kappa shape index (κ1) is 14.5. The van der Waals surface area contributed by atoms with Crippen LogP contribution in [-0.4, -0.2) is 33.5 Å². The van der Waals surface area contributed by atoms with Gasteiger partial charge in [-0.25, -0.2) is 13.1 Å². The van der Waals surface area contributed by atoms with Crippen molar-refractivity contribution in [3.05, 3.63) is 36.0 Å². The zero-order chi connectivity index (χ0) is 14.6. The summed E-state index contributed by atoms with van der Waals surface area (Å²) in [6.45, 7) is 0.295. The third-order valence-corrected chi connectivity index (χ3v) is 3.39. The highest BCUT2D eigenvalue weighted by Crippen LogP contribution is 2.24. The highest BCUT2D eigenvalue weighted by molar-refractivity contribution is 7.88. The molecule has 1 aromatic carbocycles. The molecule has 0 unspecified atom stereocenters. The van der Waals surface area contributed by atoms with E-state index >= 15 is 0 Å². The molecule has 6 nitrogen and oxygen atoms in total. The first-order valence-corrected chi connectivity index (χ1v) is 7.92. The molecule has 1 aromatic heterocycles. The van der Waals surface area contributed by atoms with Crippen molar-refractivity contribution in [3.63, 3.8) is 0 Å². The molecular weight excluding hydrogens is 280 g/mol. The fourth-order valence-corrected chi connectivity index (χ4v) is 2.18. The Morgan fingerprint density at radius 2 is 2.15 bits per heavy atom. The zero-order valence-electron chi connectivity index (χ0n) is 11.3. The number of benzene rings is 1. The monoisotopic (exact) mass is 296 g/mol. The summed E-state index contributed by atoms with van der Waals surface area (Å²) in [4.78, 5) is 0. The molecule has 0 amide bonds. The van der Waals surface area contributed by atoms with E-state index in [2.05, 4.69) is 9.88 Å². The van der Waals surface area contributed by atoms with Crippen molar-refractivity contribution in [2.45, 2.75) is 6.42 Å². The van der Waals surface area contributed by atoms with Gasteiger partial charge in [0.25, 0.3) is 0 Å². The molecule has 1 N–H and O–H groups in total. The Labute approximate surface area is 117 Å². The fraction of sp³-hybridized carbons (Fsp3) is 0.308. The maximum atomic E-state index is 10.9. The van der Waals surface area contributed by atoms with Gasteiger partial charge in [-0.1, -0.05) is 17.3 Å². The Bertz CT molecular complexity index is 679. The van der Waals surface area contributed by atoms with Gasteiger partial charge in [-0.2, -0.15) is 0 Å². The molecule has 0 spiro atoms. The number of aromatic nitrogens is 1. The van der Waals surface area contributed by atoms with Crippen molar-refractivity contribution >= 4 is 10.0 Å². The number of methoxy groups -OCH3 is 1. The molecule has 7 heteroatoms. The molecule has 1 heterocycles. The number of ether oxygens (including phenoxy) is 1. The fourth-order valence-electron chi connectivity index (χ4n) is 1.71. The van der Waals surface area contributed by atoms with Crippen LogP contribution in [0.2, 0.25) is 0 Å². The molecule has 0 aliphatic rings. The van der Waals surface area contributed by atoms with Crippen LogP contribution in [0.1, 0.15) is 5.69 Å². The van der Waals surface area contributed by atoms with Crippen LogP contribution in [0.4, 0.5) is 0 Å². The van der Waals surface area contributed by atoms with Crippen molar-refractivity contribution in [2.24, 2.45) is 0 Å². The van der Waals surface area contributed by atoms with E-state index in [-0.39, 0.29) is 0 Å². The van der Waals surface area contributed by atoms with Crippen molar-refractivity contribution in [1.29, 1.82) is 0 Å². The van der Waals surface area contributed by atoms with Crippen molar-refractivity contribution < 1.29 is 17.7 Å². The Morgan fingerprint density at radius 3 is 2.85 bits per heavy atom. The van der Waals surface area contributed by atoms with Gasteiger partial charge in [0.05, 0.1) is 19.1 Å². The van der Waals surface area contributed by atoms with Crippen LogP contribution >= 0.6 is 0 Å². The summed E-state index contributed by atoms with van der Waals surface area (Å²) in [5.74, 6) is 1.36. The van der Waals surface area contributed by atoms with Gasteiger partial charge >= 0.3 is 0 Å². The van der Waals surface area contributed by atoms with E-state index in [9.17, 15) is 8.42 Å². The highest BCUT2D eigenvalue weighted by atomic mass is 32.2. The normalized spacial score (nSPS) is 11.5. The minimum Gasteiger partial charge on any atom is -0.497 e. The average molecular weight is 296 g/mol. The average Bonchev–Trinajstić information content (AvgIpc) is 2.86. The molecule has 0 aliphatic heterocycles. The molecule has 0 bridgehead atoms. The molecule has 0 aliphatic carbocycles. The molecule has 0 saturated carbocycles. The highest BCUT2D eigenvalue weighted by Gasteiger charge is 2.08. The number of rotatable bonds is 6. The van der Waals surface area contributed by atoms with Crippen molar-refractivity contribution in [1.82, 2.24) is 9.88 Å².